The first-order valence-corrected chi connectivity index (χ1v) is 6.85. The monoisotopic (exact) mass is 267 g/mol. The topological polar surface area (TPSA) is 54.9 Å². The van der Waals surface area contributed by atoms with Gasteiger partial charge < -0.3 is 5.32 Å². The lowest BCUT2D eigenvalue weighted by molar-refractivity contribution is 0.101. The lowest BCUT2D eigenvalue weighted by atomic mass is 10.2. The summed E-state index contributed by atoms with van der Waals surface area (Å²) in [5.74, 6) is 0.0501. The molecular weight excluding hydrogens is 254 g/mol. The Morgan fingerprint density at radius 1 is 1.47 bits per heavy atom. The van der Waals surface area contributed by atoms with Crippen LogP contribution in [0.5, 0.6) is 0 Å². The number of nitrogens with one attached hydrogen (secondary N) is 1. The van der Waals surface area contributed by atoms with Crippen molar-refractivity contribution < 1.29 is 4.79 Å². The van der Waals surface area contributed by atoms with Gasteiger partial charge in [-0.3, -0.25) is 4.79 Å². The van der Waals surface area contributed by atoms with E-state index in [1.54, 1.807) is 18.3 Å². The van der Waals surface area contributed by atoms with Crippen molar-refractivity contribution in [1.29, 1.82) is 0 Å². The molecule has 0 amide bonds. The van der Waals surface area contributed by atoms with Gasteiger partial charge in [-0.2, -0.15) is 4.37 Å². The van der Waals surface area contributed by atoms with Crippen LogP contribution in [0.2, 0.25) is 0 Å². The molecule has 2 rings (SSSR count). The number of Topliss-reactive ketones (excluding diaryl/α,β-unsaturated/α-hetero) is 1. The normalized spacial score (nSPS) is 10.5. The lowest BCUT2D eigenvalue weighted by Gasteiger charge is -2.02. The number of nitrogens with zero attached hydrogens (tertiary/aromatic N) is 2. The van der Waals surface area contributed by atoms with E-state index >= 15 is 0 Å². The van der Waals surface area contributed by atoms with E-state index in [2.05, 4.69) is 14.7 Å². The van der Waals surface area contributed by atoms with Gasteiger partial charge in [0.1, 0.15) is 10.0 Å². The highest BCUT2D eigenvalue weighted by Crippen LogP contribution is 2.25. The molecular formula is C11H13N3OS2. The lowest BCUT2D eigenvalue weighted by Crippen LogP contribution is -2.03. The van der Waals surface area contributed by atoms with Crippen molar-refractivity contribution in [2.75, 3.05) is 5.32 Å². The molecule has 0 unspecified atom stereocenters. The van der Waals surface area contributed by atoms with Crippen LogP contribution in [0.3, 0.4) is 0 Å². The molecule has 0 radical (unpaired) electrons. The van der Waals surface area contributed by atoms with Gasteiger partial charge in [-0.05, 0) is 32.3 Å². The molecule has 2 aromatic heterocycles. The Hall–Kier alpha value is -1.27. The molecule has 1 N–H and O–H groups in total. The molecule has 17 heavy (non-hydrogen) atoms. The predicted molar refractivity (Wildman–Crippen MR) is 71.0 cm³/mol. The highest BCUT2D eigenvalue weighted by molar-refractivity contribution is 7.11. The molecule has 0 aromatic carbocycles. The number of hydrogen-bond donors (Lipinski definition) is 1. The van der Waals surface area contributed by atoms with E-state index in [4.69, 9.17) is 0 Å². The zero-order chi connectivity index (χ0) is 12.4. The van der Waals surface area contributed by atoms with Crippen LogP contribution in [0.4, 0.5) is 5.00 Å². The number of anilines is 1. The molecule has 0 spiro atoms. The number of aryl methyl sites for hydroxylation is 2. The van der Waals surface area contributed by atoms with Gasteiger partial charge >= 0.3 is 0 Å². The van der Waals surface area contributed by atoms with Gasteiger partial charge in [-0.15, -0.1) is 11.3 Å². The van der Waals surface area contributed by atoms with Crippen LogP contribution in [0, 0.1) is 13.8 Å². The zero-order valence-electron chi connectivity index (χ0n) is 9.90. The fourth-order valence-corrected chi connectivity index (χ4v) is 3.10. The summed E-state index contributed by atoms with van der Waals surface area (Å²) in [6.07, 6.45) is 0. The number of aromatic nitrogens is 2. The average Bonchev–Trinajstić information content (AvgIpc) is 2.82. The van der Waals surface area contributed by atoms with Crippen LogP contribution in [0.15, 0.2) is 5.38 Å². The maximum atomic E-state index is 11.5. The molecule has 0 aliphatic carbocycles. The fourth-order valence-electron chi connectivity index (χ4n) is 1.54. The van der Waals surface area contributed by atoms with Crippen molar-refractivity contribution in [2.45, 2.75) is 27.3 Å². The summed E-state index contributed by atoms with van der Waals surface area (Å²) in [7, 11) is 0. The van der Waals surface area contributed by atoms with Gasteiger partial charge in [-0.25, -0.2) is 4.98 Å². The highest BCUT2D eigenvalue weighted by atomic mass is 32.1. The van der Waals surface area contributed by atoms with Crippen LogP contribution in [-0.2, 0) is 6.54 Å². The quantitative estimate of drug-likeness (QED) is 0.865. The molecule has 6 heteroatoms. The summed E-state index contributed by atoms with van der Waals surface area (Å²) in [6, 6.07) is 0. The molecule has 4 nitrogen and oxygen atoms in total. The second-order valence-corrected chi connectivity index (χ2v) is 5.48. The van der Waals surface area contributed by atoms with Gasteiger partial charge in [0.15, 0.2) is 5.78 Å². The van der Waals surface area contributed by atoms with Crippen molar-refractivity contribution in [1.82, 2.24) is 9.36 Å². The summed E-state index contributed by atoms with van der Waals surface area (Å²) in [5.41, 5.74) is 2.52. The third kappa shape index (κ3) is 2.70. The smallest absolute Gasteiger partial charge is 0.164 e. The van der Waals surface area contributed by atoms with Crippen molar-refractivity contribution >= 4 is 33.7 Å². The van der Waals surface area contributed by atoms with E-state index in [1.807, 2.05) is 19.2 Å². The Kier molecular flexibility index (Phi) is 3.54. The summed E-state index contributed by atoms with van der Waals surface area (Å²) in [5, 5.41) is 7.10. The summed E-state index contributed by atoms with van der Waals surface area (Å²) >= 11 is 2.94. The Labute approximate surface area is 108 Å². The van der Waals surface area contributed by atoms with Crippen molar-refractivity contribution in [3.05, 3.63) is 27.3 Å². The third-order valence-electron chi connectivity index (χ3n) is 2.28. The summed E-state index contributed by atoms with van der Waals surface area (Å²) in [6.45, 7) is 6.03. The Balaban J connectivity index is 2.11. The molecule has 0 saturated heterocycles. The zero-order valence-corrected chi connectivity index (χ0v) is 11.5. The van der Waals surface area contributed by atoms with Gasteiger partial charge in [0.25, 0.3) is 0 Å². The molecule has 2 heterocycles. The van der Waals surface area contributed by atoms with E-state index < -0.39 is 0 Å². The minimum Gasteiger partial charge on any atom is -0.369 e. The summed E-state index contributed by atoms with van der Waals surface area (Å²) in [4.78, 5) is 15.8. The molecule has 0 fully saturated rings. The first kappa shape index (κ1) is 12.2. The van der Waals surface area contributed by atoms with Crippen molar-refractivity contribution in [3.63, 3.8) is 0 Å². The van der Waals surface area contributed by atoms with Gasteiger partial charge in [0.05, 0.1) is 17.8 Å². The van der Waals surface area contributed by atoms with E-state index in [0.717, 1.165) is 21.4 Å². The second kappa shape index (κ2) is 4.93. The van der Waals surface area contributed by atoms with E-state index in [-0.39, 0.29) is 5.78 Å². The molecule has 0 atom stereocenters. The first-order valence-electron chi connectivity index (χ1n) is 5.20. The number of ketones is 1. The molecule has 0 aliphatic rings. The number of hydrogen-bond acceptors (Lipinski definition) is 6. The van der Waals surface area contributed by atoms with E-state index in [1.165, 1.54) is 11.5 Å². The largest absolute Gasteiger partial charge is 0.369 e. The van der Waals surface area contributed by atoms with Gasteiger partial charge in [-0.1, -0.05) is 0 Å². The molecule has 0 saturated carbocycles. The minimum atomic E-state index is 0.0501. The maximum Gasteiger partial charge on any atom is 0.164 e. The number of carbonyl (C=O) groups is 1. The number of thiazole rings is 1. The van der Waals surface area contributed by atoms with Gasteiger partial charge in [0.2, 0.25) is 0 Å². The molecule has 90 valence electrons. The van der Waals surface area contributed by atoms with Gasteiger partial charge in [0, 0.05) is 11.1 Å². The van der Waals surface area contributed by atoms with Crippen LogP contribution >= 0.6 is 22.9 Å². The average molecular weight is 267 g/mol. The maximum absolute atomic E-state index is 11.5. The Morgan fingerprint density at radius 3 is 2.82 bits per heavy atom. The SMILES string of the molecule is CC(=O)c1c(C)nsc1NCc1nc(C)cs1. The number of rotatable bonds is 4. The predicted octanol–water partition coefficient (Wildman–Crippen LogP) is 3.03. The van der Waals surface area contributed by atoms with Crippen molar-refractivity contribution in [2.24, 2.45) is 0 Å². The first-order chi connectivity index (χ1) is 8.08. The third-order valence-corrected chi connectivity index (χ3v) is 4.14. The highest BCUT2D eigenvalue weighted by Gasteiger charge is 2.14. The van der Waals surface area contributed by atoms with E-state index in [0.29, 0.717) is 12.1 Å². The van der Waals surface area contributed by atoms with Crippen LogP contribution in [0.1, 0.15) is 33.7 Å². The fraction of sp³-hybridized carbons (Fsp3) is 0.364. The van der Waals surface area contributed by atoms with Crippen molar-refractivity contribution in [3.8, 4) is 0 Å². The van der Waals surface area contributed by atoms with Crippen LogP contribution < -0.4 is 5.32 Å². The Bertz CT molecular complexity index is 545. The minimum absolute atomic E-state index is 0.0501. The summed E-state index contributed by atoms with van der Waals surface area (Å²) < 4.78 is 4.20. The Morgan fingerprint density at radius 2 is 2.24 bits per heavy atom. The molecule has 0 bridgehead atoms. The molecule has 2 aromatic rings. The van der Waals surface area contributed by atoms with Crippen LogP contribution in [0.25, 0.3) is 0 Å². The van der Waals surface area contributed by atoms with Crippen LogP contribution in [-0.4, -0.2) is 15.1 Å². The van der Waals surface area contributed by atoms with E-state index in [9.17, 15) is 4.79 Å². The molecule has 0 aliphatic heterocycles. The standard InChI is InChI=1S/C11H13N3OS2/c1-6-5-16-9(13-6)4-12-11-10(8(3)15)7(2)14-17-11/h5,12H,4H2,1-3H3. The number of carbonyl (C=O) groups excluding carboxylic acids is 1. The second-order valence-electron chi connectivity index (χ2n) is 3.76.